The molecule has 1 aromatic heterocycles. The predicted octanol–water partition coefficient (Wildman–Crippen LogP) is 2.80. The van der Waals surface area contributed by atoms with E-state index >= 15 is 0 Å². The Hall–Kier alpha value is -1.53. The van der Waals surface area contributed by atoms with Crippen molar-refractivity contribution in [2.45, 2.75) is 31.7 Å². The zero-order valence-electron chi connectivity index (χ0n) is 14.5. The van der Waals surface area contributed by atoms with Crippen molar-refractivity contribution < 1.29 is 9.32 Å². The fourth-order valence-electron chi connectivity index (χ4n) is 3.88. The molecule has 2 aromatic rings. The molecule has 1 amide bonds. The first-order chi connectivity index (χ1) is 12.3. The highest BCUT2D eigenvalue weighted by atomic mass is 32.2. The standard InChI is InChI=1S/C19H25N3O2S/c23-19(12-17-16-6-1-2-7-18(16)24-20-17)22-10-5-11-25-14-15(22)13-21-8-3-4-9-21/h1-2,6-7,15H,3-5,8-14H2. The highest BCUT2D eigenvalue weighted by Gasteiger charge is 2.29. The van der Waals surface area contributed by atoms with Crippen LogP contribution >= 0.6 is 11.8 Å². The number of benzene rings is 1. The van der Waals surface area contributed by atoms with Crippen LogP contribution in [0.15, 0.2) is 28.8 Å². The normalized spacial score (nSPS) is 22.4. The molecule has 0 radical (unpaired) electrons. The van der Waals surface area contributed by atoms with Crippen LogP contribution < -0.4 is 0 Å². The number of rotatable bonds is 4. The van der Waals surface area contributed by atoms with Gasteiger partial charge in [0, 0.05) is 24.2 Å². The Balaban J connectivity index is 1.49. The number of likely N-dealkylation sites (tertiary alicyclic amines) is 1. The number of para-hydroxylation sites is 1. The SMILES string of the molecule is O=C(Cc1noc2ccccc12)N1CCCSCC1CN1CCCC1. The summed E-state index contributed by atoms with van der Waals surface area (Å²) in [4.78, 5) is 17.7. The van der Waals surface area contributed by atoms with E-state index in [0.29, 0.717) is 12.5 Å². The van der Waals surface area contributed by atoms with E-state index in [1.807, 2.05) is 36.0 Å². The van der Waals surface area contributed by atoms with E-state index in [2.05, 4.69) is 15.0 Å². The van der Waals surface area contributed by atoms with Gasteiger partial charge in [-0.1, -0.05) is 17.3 Å². The lowest BCUT2D eigenvalue weighted by molar-refractivity contribution is -0.132. The first-order valence-electron chi connectivity index (χ1n) is 9.24. The topological polar surface area (TPSA) is 49.6 Å². The van der Waals surface area contributed by atoms with Crippen LogP contribution in [-0.4, -0.2) is 64.6 Å². The third kappa shape index (κ3) is 3.85. The van der Waals surface area contributed by atoms with Gasteiger partial charge in [-0.3, -0.25) is 4.79 Å². The minimum Gasteiger partial charge on any atom is -0.356 e. The largest absolute Gasteiger partial charge is 0.356 e. The molecule has 0 aliphatic carbocycles. The molecule has 2 aliphatic rings. The lowest BCUT2D eigenvalue weighted by Gasteiger charge is -2.32. The maximum Gasteiger partial charge on any atom is 0.229 e. The van der Waals surface area contributed by atoms with E-state index in [-0.39, 0.29) is 5.91 Å². The fraction of sp³-hybridized carbons (Fsp3) is 0.579. The van der Waals surface area contributed by atoms with E-state index in [1.54, 1.807) is 0 Å². The summed E-state index contributed by atoms with van der Waals surface area (Å²) in [5.41, 5.74) is 1.52. The van der Waals surface area contributed by atoms with Gasteiger partial charge in [0.25, 0.3) is 0 Å². The third-order valence-corrected chi connectivity index (χ3v) is 6.40. The number of aromatic nitrogens is 1. The maximum atomic E-state index is 13.1. The van der Waals surface area contributed by atoms with Crippen molar-refractivity contribution in [3.8, 4) is 0 Å². The molecule has 1 aromatic carbocycles. The minimum absolute atomic E-state index is 0.186. The van der Waals surface area contributed by atoms with Crippen molar-refractivity contribution in [2.24, 2.45) is 0 Å². The van der Waals surface area contributed by atoms with Gasteiger partial charge in [-0.25, -0.2) is 0 Å². The lowest BCUT2D eigenvalue weighted by Crippen LogP contribution is -2.48. The first-order valence-corrected chi connectivity index (χ1v) is 10.4. The van der Waals surface area contributed by atoms with Crippen molar-refractivity contribution in [3.63, 3.8) is 0 Å². The van der Waals surface area contributed by atoms with E-state index in [4.69, 9.17) is 4.52 Å². The lowest BCUT2D eigenvalue weighted by atomic mass is 10.1. The van der Waals surface area contributed by atoms with Crippen LogP contribution in [0.5, 0.6) is 0 Å². The highest BCUT2D eigenvalue weighted by molar-refractivity contribution is 7.99. The molecule has 0 saturated carbocycles. The summed E-state index contributed by atoms with van der Waals surface area (Å²) in [6, 6.07) is 8.09. The molecule has 2 fully saturated rings. The Morgan fingerprint density at radius 2 is 2.04 bits per heavy atom. The number of nitrogens with zero attached hydrogens (tertiary/aromatic N) is 3. The Labute approximate surface area is 152 Å². The van der Waals surface area contributed by atoms with Crippen molar-refractivity contribution in [1.29, 1.82) is 0 Å². The Kier molecular flexibility index (Phi) is 5.27. The van der Waals surface area contributed by atoms with E-state index in [1.165, 1.54) is 25.9 Å². The Bertz CT molecular complexity index is 726. The summed E-state index contributed by atoms with van der Waals surface area (Å²) in [5.74, 6) is 2.38. The minimum atomic E-state index is 0.186. The van der Waals surface area contributed by atoms with Gasteiger partial charge in [-0.15, -0.1) is 0 Å². The van der Waals surface area contributed by atoms with Crippen LogP contribution in [0.25, 0.3) is 11.0 Å². The van der Waals surface area contributed by atoms with Gasteiger partial charge in [0.05, 0.1) is 12.5 Å². The van der Waals surface area contributed by atoms with Gasteiger partial charge in [0.1, 0.15) is 5.69 Å². The van der Waals surface area contributed by atoms with E-state index in [9.17, 15) is 4.79 Å². The highest BCUT2D eigenvalue weighted by Crippen LogP contribution is 2.22. The number of hydrogen-bond donors (Lipinski definition) is 0. The number of hydrogen-bond acceptors (Lipinski definition) is 5. The number of amides is 1. The van der Waals surface area contributed by atoms with Gasteiger partial charge >= 0.3 is 0 Å². The number of fused-ring (bicyclic) bond motifs is 1. The van der Waals surface area contributed by atoms with Gasteiger partial charge in [-0.2, -0.15) is 11.8 Å². The zero-order valence-corrected chi connectivity index (χ0v) is 15.3. The van der Waals surface area contributed by atoms with Gasteiger partial charge in [0.15, 0.2) is 5.58 Å². The molecule has 3 heterocycles. The van der Waals surface area contributed by atoms with Crippen LogP contribution in [0.1, 0.15) is 25.0 Å². The first kappa shape index (κ1) is 16.9. The second kappa shape index (κ2) is 7.79. The zero-order chi connectivity index (χ0) is 17.1. The van der Waals surface area contributed by atoms with Crippen LogP contribution in [0, 0.1) is 0 Å². The second-order valence-corrected chi connectivity index (χ2v) is 8.13. The molecule has 1 unspecified atom stereocenters. The van der Waals surface area contributed by atoms with Crippen molar-refractivity contribution in [3.05, 3.63) is 30.0 Å². The molecule has 0 spiro atoms. The summed E-state index contributed by atoms with van der Waals surface area (Å²) in [6.07, 6.45) is 3.99. The Morgan fingerprint density at radius 3 is 2.92 bits per heavy atom. The summed E-state index contributed by atoms with van der Waals surface area (Å²) < 4.78 is 5.36. The summed E-state index contributed by atoms with van der Waals surface area (Å²) in [7, 11) is 0. The van der Waals surface area contributed by atoms with Crippen LogP contribution in [0.2, 0.25) is 0 Å². The van der Waals surface area contributed by atoms with Crippen LogP contribution in [-0.2, 0) is 11.2 Å². The molecule has 4 rings (SSSR count). The molecule has 0 bridgehead atoms. The van der Waals surface area contributed by atoms with Crippen molar-refractivity contribution in [1.82, 2.24) is 15.0 Å². The van der Waals surface area contributed by atoms with Crippen LogP contribution in [0.3, 0.4) is 0 Å². The molecule has 0 N–H and O–H groups in total. The number of carbonyl (C=O) groups is 1. The predicted molar refractivity (Wildman–Crippen MR) is 101 cm³/mol. The number of carbonyl (C=O) groups excluding carboxylic acids is 1. The maximum absolute atomic E-state index is 13.1. The average Bonchev–Trinajstić information content (AvgIpc) is 3.21. The smallest absolute Gasteiger partial charge is 0.229 e. The van der Waals surface area contributed by atoms with E-state index < -0.39 is 0 Å². The molecule has 6 heteroatoms. The fourth-order valence-corrected chi connectivity index (χ4v) is 4.94. The quantitative estimate of drug-likeness (QED) is 0.840. The summed E-state index contributed by atoms with van der Waals surface area (Å²) >= 11 is 1.98. The van der Waals surface area contributed by atoms with Gasteiger partial charge in [-0.05, 0) is 50.2 Å². The summed E-state index contributed by atoms with van der Waals surface area (Å²) in [6.45, 7) is 4.23. The molecule has 5 nitrogen and oxygen atoms in total. The Morgan fingerprint density at radius 1 is 1.20 bits per heavy atom. The second-order valence-electron chi connectivity index (χ2n) is 6.98. The number of thioether (sulfide) groups is 1. The monoisotopic (exact) mass is 359 g/mol. The molecular formula is C19H25N3O2S. The van der Waals surface area contributed by atoms with Gasteiger partial charge in [0.2, 0.25) is 5.91 Å². The molecule has 2 aliphatic heterocycles. The molecule has 2 saturated heterocycles. The average molecular weight is 359 g/mol. The molecule has 134 valence electrons. The third-order valence-electron chi connectivity index (χ3n) is 5.20. The van der Waals surface area contributed by atoms with Crippen molar-refractivity contribution >= 4 is 28.6 Å². The molecule has 25 heavy (non-hydrogen) atoms. The van der Waals surface area contributed by atoms with Gasteiger partial charge < -0.3 is 14.3 Å². The van der Waals surface area contributed by atoms with Crippen molar-refractivity contribution in [2.75, 3.05) is 37.7 Å². The van der Waals surface area contributed by atoms with Crippen LogP contribution in [0.4, 0.5) is 0 Å². The summed E-state index contributed by atoms with van der Waals surface area (Å²) in [5, 5.41) is 5.10. The van der Waals surface area contributed by atoms with E-state index in [0.717, 1.165) is 47.7 Å². The molecular weight excluding hydrogens is 334 g/mol. The molecule has 1 atom stereocenters.